The molecular weight excluding hydrogens is 324 g/mol. The van der Waals surface area contributed by atoms with Crippen molar-refractivity contribution in [3.05, 3.63) is 28.6 Å². The summed E-state index contributed by atoms with van der Waals surface area (Å²) in [6.07, 6.45) is 0.603. The molecule has 0 fully saturated rings. The number of carboxylic acids is 1. The molecule has 0 saturated carbocycles. The highest BCUT2D eigenvalue weighted by atomic mass is 16.4. The lowest BCUT2D eigenvalue weighted by atomic mass is 10.0. The number of carbonyl (C=O) groups excluding carboxylic acids is 1. The quantitative estimate of drug-likeness (QED) is 0.866. The van der Waals surface area contributed by atoms with E-state index in [0.717, 1.165) is 11.5 Å². The summed E-state index contributed by atoms with van der Waals surface area (Å²) in [4.78, 5) is 30.1. The number of aromatic carboxylic acids is 1. The summed E-state index contributed by atoms with van der Waals surface area (Å²) in [5.41, 5.74) is 1.55. The Morgan fingerprint density at radius 1 is 1.28 bits per heavy atom. The maximum Gasteiger partial charge on any atom is 0.356 e. The van der Waals surface area contributed by atoms with E-state index in [-0.39, 0.29) is 24.1 Å². The van der Waals surface area contributed by atoms with Crippen LogP contribution in [0.1, 0.15) is 40.3 Å². The highest BCUT2D eigenvalue weighted by Crippen LogP contribution is 2.23. The van der Waals surface area contributed by atoms with Crippen LogP contribution in [0.2, 0.25) is 0 Å². The molecule has 1 aliphatic heterocycles. The zero-order chi connectivity index (χ0) is 18.3. The van der Waals surface area contributed by atoms with Crippen LogP contribution < -0.4 is 0 Å². The molecule has 134 valence electrons. The first kappa shape index (κ1) is 17.1. The standard InChI is InChI=1S/C16H22N6O3/c1-9(7-22-11(3)17-10(2)18-22)15(23)21-6-5-13-12(8-21)14(16(24)25)19-20(13)4/h9H,5-8H2,1-4H3,(H,24,25)/t9-/m1/s1. The predicted molar refractivity (Wildman–Crippen MR) is 87.9 cm³/mol. The van der Waals surface area contributed by atoms with Crippen LogP contribution in [0.15, 0.2) is 0 Å². The zero-order valence-electron chi connectivity index (χ0n) is 14.9. The van der Waals surface area contributed by atoms with E-state index in [0.29, 0.717) is 30.9 Å². The summed E-state index contributed by atoms with van der Waals surface area (Å²) in [5.74, 6) is 0.109. The average molecular weight is 346 g/mol. The molecule has 0 aliphatic carbocycles. The topological polar surface area (TPSA) is 106 Å². The predicted octanol–water partition coefficient (Wildman–Crippen LogP) is 0.548. The summed E-state index contributed by atoms with van der Waals surface area (Å²) in [6.45, 7) is 6.83. The van der Waals surface area contributed by atoms with Gasteiger partial charge >= 0.3 is 5.97 Å². The van der Waals surface area contributed by atoms with Crippen LogP contribution in [0.4, 0.5) is 0 Å². The highest BCUT2D eigenvalue weighted by Gasteiger charge is 2.31. The summed E-state index contributed by atoms with van der Waals surface area (Å²) in [5, 5.41) is 17.7. The molecule has 3 rings (SSSR count). The minimum absolute atomic E-state index is 0.0154. The third kappa shape index (κ3) is 3.13. The van der Waals surface area contributed by atoms with Gasteiger partial charge in [-0.1, -0.05) is 6.92 Å². The Labute approximate surface area is 145 Å². The molecule has 0 aromatic carbocycles. The lowest BCUT2D eigenvalue weighted by molar-refractivity contribution is -0.136. The fourth-order valence-electron chi connectivity index (χ4n) is 3.34. The molecule has 0 bridgehead atoms. The van der Waals surface area contributed by atoms with Crippen molar-refractivity contribution in [2.45, 2.75) is 40.3 Å². The van der Waals surface area contributed by atoms with Crippen molar-refractivity contribution in [1.29, 1.82) is 0 Å². The number of carbonyl (C=O) groups is 2. The van der Waals surface area contributed by atoms with Crippen LogP contribution in [0.25, 0.3) is 0 Å². The largest absolute Gasteiger partial charge is 0.476 e. The van der Waals surface area contributed by atoms with Crippen LogP contribution in [0.5, 0.6) is 0 Å². The molecule has 1 atom stereocenters. The third-order valence-electron chi connectivity index (χ3n) is 4.59. The van der Waals surface area contributed by atoms with Gasteiger partial charge in [0.1, 0.15) is 11.6 Å². The summed E-state index contributed by atoms with van der Waals surface area (Å²) >= 11 is 0. The summed E-state index contributed by atoms with van der Waals surface area (Å²) < 4.78 is 3.34. The Kier molecular flexibility index (Phi) is 4.32. The minimum Gasteiger partial charge on any atom is -0.476 e. The van der Waals surface area contributed by atoms with Gasteiger partial charge in [0.2, 0.25) is 5.91 Å². The molecule has 9 heteroatoms. The van der Waals surface area contributed by atoms with Crippen LogP contribution in [0, 0.1) is 19.8 Å². The smallest absolute Gasteiger partial charge is 0.356 e. The van der Waals surface area contributed by atoms with Gasteiger partial charge in [0.15, 0.2) is 5.69 Å². The van der Waals surface area contributed by atoms with Crippen LogP contribution in [-0.2, 0) is 31.4 Å². The van der Waals surface area contributed by atoms with Crippen molar-refractivity contribution < 1.29 is 14.7 Å². The molecule has 0 radical (unpaired) electrons. The molecule has 1 amide bonds. The Bertz CT molecular complexity index is 837. The van der Waals surface area contributed by atoms with E-state index >= 15 is 0 Å². The van der Waals surface area contributed by atoms with Gasteiger partial charge in [-0.25, -0.2) is 14.5 Å². The van der Waals surface area contributed by atoms with E-state index in [4.69, 9.17) is 0 Å². The van der Waals surface area contributed by atoms with Crippen molar-refractivity contribution in [1.82, 2.24) is 29.4 Å². The molecule has 0 unspecified atom stereocenters. The molecule has 9 nitrogen and oxygen atoms in total. The van der Waals surface area contributed by atoms with Crippen molar-refractivity contribution in [2.24, 2.45) is 13.0 Å². The molecule has 1 aliphatic rings. The van der Waals surface area contributed by atoms with Crippen molar-refractivity contribution in [3.63, 3.8) is 0 Å². The van der Waals surface area contributed by atoms with E-state index in [9.17, 15) is 14.7 Å². The normalized spacial score (nSPS) is 15.1. The first-order valence-electron chi connectivity index (χ1n) is 8.22. The Morgan fingerprint density at radius 3 is 2.60 bits per heavy atom. The second-order valence-electron chi connectivity index (χ2n) is 6.50. The lowest BCUT2D eigenvalue weighted by Gasteiger charge is -2.29. The zero-order valence-corrected chi connectivity index (χ0v) is 14.9. The van der Waals surface area contributed by atoms with Gasteiger partial charge in [0.05, 0.1) is 12.5 Å². The molecule has 1 N–H and O–H groups in total. The SMILES string of the molecule is Cc1nc(C)n(C[C@@H](C)C(=O)N2CCc3c(c(C(=O)O)nn3C)C2)n1. The monoisotopic (exact) mass is 346 g/mol. The van der Waals surface area contributed by atoms with E-state index in [2.05, 4.69) is 15.2 Å². The molecule has 3 heterocycles. The number of fused-ring (bicyclic) bond motifs is 1. The second kappa shape index (κ2) is 6.30. The Balaban J connectivity index is 1.76. The van der Waals surface area contributed by atoms with E-state index in [1.807, 2.05) is 20.8 Å². The van der Waals surface area contributed by atoms with Crippen molar-refractivity contribution >= 4 is 11.9 Å². The van der Waals surface area contributed by atoms with Gasteiger partial charge < -0.3 is 10.0 Å². The van der Waals surface area contributed by atoms with Gasteiger partial charge in [0, 0.05) is 37.8 Å². The first-order valence-corrected chi connectivity index (χ1v) is 8.22. The van der Waals surface area contributed by atoms with Gasteiger partial charge in [-0.05, 0) is 13.8 Å². The number of aryl methyl sites for hydroxylation is 3. The number of hydrogen-bond donors (Lipinski definition) is 1. The van der Waals surface area contributed by atoms with E-state index in [1.54, 1.807) is 21.3 Å². The second-order valence-corrected chi connectivity index (χ2v) is 6.50. The van der Waals surface area contributed by atoms with E-state index < -0.39 is 5.97 Å². The van der Waals surface area contributed by atoms with Gasteiger partial charge in [-0.3, -0.25) is 9.48 Å². The number of amides is 1. The van der Waals surface area contributed by atoms with E-state index in [1.165, 1.54) is 0 Å². The molecule has 2 aromatic heterocycles. The average Bonchev–Trinajstić information content (AvgIpc) is 3.05. The highest BCUT2D eigenvalue weighted by molar-refractivity contribution is 5.88. The maximum atomic E-state index is 12.8. The summed E-state index contributed by atoms with van der Waals surface area (Å²) in [6, 6.07) is 0. The summed E-state index contributed by atoms with van der Waals surface area (Å²) in [7, 11) is 1.74. The van der Waals surface area contributed by atoms with Crippen LogP contribution in [0.3, 0.4) is 0 Å². The molecular formula is C16H22N6O3. The Morgan fingerprint density at radius 2 is 2.00 bits per heavy atom. The number of nitrogens with zero attached hydrogens (tertiary/aromatic N) is 6. The molecule has 0 saturated heterocycles. The van der Waals surface area contributed by atoms with Gasteiger partial charge in [-0.15, -0.1) is 0 Å². The van der Waals surface area contributed by atoms with Crippen molar-refractivity contribution in [2.75, 3.05) is 6.54 Å². The number of carboxylic acid groups (broad SMARTS) is 1. The lowest BCUT2D eigenvalue weighted by Crippen LogP contribution is -2.40. The number of rotatable bonds is 4. The fraction of sp³-hybridized carbons (Fsp3) is 0.562. The first-order chi connectivity index (χ1) is 11.8. The fourth-order valence-corrected chi connectivity index (χ4v) is 3.34. The number of aromatic nitrogens is 5. The molecule has 2 aromatic rings. The van der Waals surface area contributed by atoms with Gasteiger partial charge in [0.25, 0.3) is 0 Å². The van der Waals surface area contributed by atoms with Crippen LogP contribution in [-0.4, -0.2) is 53.0 Å². The minimum atomic E-state index is -1.06. The van der Waals surface area contributed by atoms with Gasteiger partial charge in [-0.2, -0.15) is 10.2 Å². The third-order valence-corrected chi connectivity index (χ3v) is 4.59. The molecule has 25 heavy (non-hydrogen) atoms. The molecule has 0 spiro atoms. The van der Waals surface area contributed by atoms with Crippen molar-refractivity contribution in [3.8, 4) is 0 Å². The Hall–Kier alpha value is -2.71. The maximum absolute atomic E-state index is 12.8. The number of hydrogen-bond acceptors (Lipinski definition) is 5. The van der Waals surface area contributed by atoms with Crippen LogP contribution >= 0.6 is 0 Å².